The number of benzene rings is 1. The molecule has 0 radical (unpaired) electrons. The van der Waals surface area contributed by atoms with E-state index in [1.165, 1.54) is 5.56 Å². The van der Waals surface area contributed by atoms with Crippen LogP contribution in [0.4, 0.5) is 0 Å². The Morgan fingerprint density at radius 1 is 1.12 bits per heavy atom. The Kier molecular flexibility index (Phi) is 4.73. The predicted octanol–water partition coefficient (Wildman–Crippen LogP) is 3.22. The van der Waals surface area contributed by atoms with E-state index in [9.17, 15) is 4.79 Å². The maximum Gasteiger partial charge on any atom is 0.232 e. The van der Waals surface area contributed by atoms with E-state index >= 15 is 0 Å². The van der Waals surface area contributed by atoms with Gasteiger partial charge in [-0.25, -0.2) is 0 Å². The SMILES string of the molecule is CC.CN(C)C(=O)C1(c2ccccc2)CCC1. The number of carbonyl (C=O) groups excluding carboxylic acids is 1. The zero-order valence-corrected chi connectivity index (χ0v) is 11.4. The molecule has 2 rings (SSSR count). The van der Waals surface area contributed by atoms with Crippen LogP contribution in [0.15, 0.2) is 30.3 Å². The van der Waals surface area contributed by atoms with E-state index < -0.39 is 0 Å². The number of rotatable bonds is 2. The number of likely N-dealkylation sites (N-methyl/N-ethyl adjacent to an activating group) is 1. The highest BCUT2D eigenvalue weighted by molar-refractivity contribution is 5.88. The predicted molar refractivity (Wildman–Crippen MR) is 72.0 cm³/mol. The summed E-state index contributed by atoms with van der Waals surface area (Å²) in [6.07, 6.45) is 3.15. The lowest BCUT2D eigenvalue weighted by Gasteiger charge is -2.42. The van der Waals surface area contributed by atoms with Crippen LogP contribution in [0, 0.1) is 0 Å². The smallest absolute Gasteiger partial charge is 0.232 e. The molecule has 2 heteroatoms. The highest BCUT2D eigenvalue weighted by atomic mass is 16.2. The Balaban J connectivity index is 0.000000686. The molecule has 0 aliphatic heterocycles. The summed E-state index contributed by atoms with van der Waals surface area (Å²) in [7, 11) is 3.68. The van der Waals surface area contributed by atoms with Gasteiger partial charge in [0, 0.05) is 14.1 Å². The Morgan fingerprint density at radius 3 is 2.00 bits per heavy atom. The minimum Gasteiger partial charge on any atom is -0.348 e. The molecule has 0 spiro atoms. The van der Waals surface area contributed by atoms with Gasteiger partial charge in [-0.05, 0) is 18.4 Å². The molecule has 0 N–H and O–H groups in total. The quantitative estimate of drug-likeness (QED) is 0.768. The summed E-state index contributed by atoms with van der Waals surface area (Å²) in [5.41, 5.74) is 0.958. The normalized spacial score (nSPS) is 16.2. The van der Waals surface area contributed by atoms with Crippen LogP contribution < -0.4 is 0 Å². The zero-order valence-electron chi connectivity index (χ0n) is 11.4. The van der Waals surface area contributed by atoms with E-state index in [0.29, 0.717) is 0 Å². The fourth-order valence-electron chi connectivity index (χ4n) is 2.34. The highest BCUT2D eigenvalue weighted by Crippen LogP contribution is 2.44. The first-order valence-corrected chi connectivity index (χ1v) is 6.44. The van der Waals surface area contributed by atoms with Crippen molar-refractivity contribution in [1.82, 2.24) is 4.90 Å². The Hall–Kier alpha value is -1.31. The van der Waals surface area contributed by atoms with E-state index in [2.05, 4.69) is 12.1 Å². The third-order valence-electron chi connectivity index (χ3n) is 3.35. The van der Waals surface area contributed by atoms with Gasteiger partial charge >= 0.3 is 0 Å². The molecule has 94 valence electrons. The first-order chi connectivity index (χ1) is 8.17. The van der Waals surface area contributed by atoms with Gasteiger partial charge in [0.1, 0.15) is 0 Å². The van der Waals surface area contributed by atoms with Crippen LogP contribution in [0.5, 0.6) is 0 Å². The molecule has 1 saturated carbocycles. The van der Waals surface area contributed by atoms with Gasteiger partial charge in [-0.15, -0.1) is 0 Å². The average molecular weight is 233 g/mol. The Bertz CT molecular complexity index is 352. The number of hydrogen-bond acceptors (Lipinski definition) is 1. The summed E-state index contributed by atoms with van der Waals surface area (Å²) in [5, 5.41) is 0. The van der Waals surface area contributed by atoms with E-state index in [1.807, 2.05) is 46.1 Å². The summed E-state index contributed by atoms with van der Waals surface area (Å²) >= 11 is 0. The zero-order chi connectivity index (χ0) is 12.9. The largest absolute Gasteiger partial charge is 0.348 e. The van der Waals surface area contributed by atoms with Crippen molar-refractivity contribution < 1.29 is 4.79 Å². The Labute approximate surface area is 105 Å². The maximum atomic E-state index is 12.2. The van der Waals surface area contributed by atoms with Crippen molar-refractivity contribution in [2.75, 3.05) is 14.1 Å². The number of amides is 1. The van der Waals surface area contributed by atoms with Gasteiger partial charge < -0.3 is 4.90 Å². The molecular weight excluding hydrogens is 210 g/mol. The van der Waals surface area contributed by atoms with Gasteiger partial charge in [-0.2, -0.15) is 0 Å². The molecule has 1 amide bonds. The third kappa shape index (κ3) is 2.51. The van der Waals surface area contributed by atoms with Gasteiger partial charge in [-0.3, -0.25) is 4.79 Å². The third-order valence-corrected chi connectivity index (χ3v) is 3.35. The molecule has 0 bridgehead atoms. The molecule has 1 aromatic rings. The van der Waals surface area contributed by atoms with Crippen molar-refractivity contribution in [1.29, 1.82) is 0 Å². The lowest BCUT2D eigenvalue weighted by molar-refractivity contribution is -0.138. The fourth-order valence-corrected chi connectivity index (χ4v) is 2.34. The topological polar surface area (TPSA) is 20.3 Å². The second-order valence-electron chi connectivity index (χ2n) is 4.50. The van der Waals surface area contributed by atoms with Crippen molar-refractivity contribution in [3.63, 3.8) is 0 Å². The monoisotopic (exact) mass is 233 g/mol. The number of nitrogens with zero attached hydrogens (tertiary/aromatic N) is 1. The fraction of sp³-hybridized carbons (Fsp3) is 0.533. The summed E-state index contributed by atoms with van der Waals surface area (Å²) in [5.74, 6) is 0.250. The molecule has 0 heterocycles. The summed E-state index contributed by atoms with van der Waals surface area (Å²) < 4.78 is 0. The van der Waals surface area contributed by atoms with Gasteiger partial charge in [0.05, 0.1) is 5.41 Å². The standard InChI is InChI=1S/C13H17NO.C2H6/c1-14(2)12(15)13(9-6-10-13)11-7-4-3-5-8-11;1-2/h3-5,7-8H,6,9-10H2,1-2H3;1-2H3. The molecule has 1 aromatic carbocycles. The molecule has 1 fully saturated rings. The minimum atomic E-state index is -0.217. The van der Waals surface area contributed by atoms with Crippen molar-refractivity contribution in [3.05, 3.63) is 35.9 Å². The average Bonchev–Trinajstić information content (AvgIpc) is 2.31. The molecule has 0 aromatic heterocycles. The minimum absolute atomic E-state index is 0.217. The van der Waals surface area contributed by atoms with Crippen LogP contribution in [0.1, 0.15) is 38.7 Å². The van der Waals surface area contributed by atoms with E-state index in [1.54, 1.807) is 4.90 Å². The maximum absolute atomic E-state index is 12.2. The van der Waals surface area contributed by atoms with Crippen LogP contribution in [-0.4, -0.2) is 24.9 Å². The lowest BCUT2D eigenvalue weighted by atomic mass is 9.63. The van der Waals surface area contributed by atoms with E-state index in [4.69, 9.17) is 0 Å². The first-order valence-electron chi connectivity index (χ1n) is 6.44. The van der Waals surface area contributed by atoms with Crippen LogP contribution in [0.3, 0.4) is 0 Å². The van der Waals surface area contributed by atoms with Gasteiger partial charge in [0.15, 0.2) is 0 Å². The summed E-state index contributed by atoms with van der Waals surface area (Å²) in [4.78, 5) is 13.9. The van der Waals surface area contributed by atoms with E-state index in [-0.39, 0.29) is 11.3 Å². The summed E-state index contributed by atoms with van der Waals surface area (Å²) in [6.45, 7) is 4.00. The van der Waals surface area contributed by atoms with Crippen LogP contribution >= 0.6 is 0 Å². The van der Waals surface area contributed by atoms with Crippen LogP contribution in [0.25, 0.3) is 0 Å². The molecule has 17 heavy (non-hydrogen) atoms. The van der Waals surface area contributed by atoms with Crippen molar-refractivity contribution in [3.8, 4) is 0 Å². The summed E-state index contributed by atoms with van der Waals surface area (Å²) in [6, 6.07) is 10.2. The van der Waals surface area contributed by atoms with Crippen LogP contribution in [-0.2, 0) is 10.2 Å². The second-order valence-corrected chi connectivity index (χ2v) is 4.50. The van der Waals surface area contributed by atoms with Gasteiger partial charge in [0.25, 0.3) is 0 Å². The molecule has 1 aliphatic carbocycles. The van der Waals surface area contributed by atoms with Crippen LogP contribution in [0.2, 0.25) is 0 Å². The first kappa shape index (κ1) is 13.8. The highest BCUT2D eigenvalue weighted by Gasteiger charge is 2.46. The molecule has 2 nitrogen and oxygen atoms in total. The van der Waals surface area contributed by atoms with Crippen molar-refractivity contribution >= 4 is 5.91 Å². The van der Waals surface area contributed by atoms with E-state index in [0.717, 1.165) is 19.3 Å². The molecule has 0 saturated heterocycles. The van der Waals surface area contributed by atoms with Gasteiger partial charge in [0.2, 0.25) is 5.91 Å². The lowest BCUT2D eigenvalue weighted by Crippen LogP contribution is -2.48. The molecule has 0 unspecified atom stereocenters. The number of hydrogen-bond donors (Lipinski definition) is 0. The van der Waals surface area contributed by atoms with Crippen molar-refractivity contribution in [2.45, 2.75) is 38.5 Å². The molecular formula is C15H23NO. The van der Waals surface area contributed by atoms with Crippen molar-refractivity contribution in [2.24, 2.45) is 0 Å². The number of carbonyl (C=O) groups is 1. The second kappa shape index (κ2) is 5.85. The Morgan fingerprint density at radius 2 is 1.65 bits per heavy atom. The van der Waals surface area contributed by atoms with Gasteiger partial charge in [-0.1, -0.05) is 50.6 Å². The molecule has 0 atom stereocenters. The molecule has 1 aliphatic rings.